The zero-order chi connectivity index (χ0) is 19.1. The Morgan fingerprint density at radius 2 is 1.96 bits per heavy atom. The van der Waals surface area contributed by atoms with Gasteiger partial charge in [-0.1, -0.05) is 23.5 Å². The second kappa shape index (κ2) is 9.19. The fraction of sp³-hybridized carbons (Fsp3) is 0.389. The van der Waals surface area contributed by atoms with Gasteiger partial charge in [0.15, 0.2) is 6.10 Å². The summed E-state index contributed by atoms with van der Waals surface area (Å²) in [6.45, 7) is 3.89. The van der Waals surface area contributed by atoms with Gasteiger partial charge < -0.3 is 19.4 Å². The van der Waals surface area contributed by atoms with Gasteiger partial charge >= 0.3 is 10.8 Å². The Morgan fingerprint density at radius 1 is 1.27 bits per heavy atom. The summed E-state index contributed by atoms with van der Waals surface area (Å²) < 4.78 is 11.7. The molecule has 0 aliphatic carbocycles. The zero-order valence-electron chi connectivity index (χ0n) is 15.0. The first-order valence-corrected chi connectivity index (χ1v) is 9.03. The van der Waals surface area contributed by atoms with Gasteiger partial charge in [-0.2, -0.15) is 0 Å². The van der Waals surface area contributed by atoms with Gasteiger partial charge in [0.25, 0.3) is 5.91 Å². The first kappa shape index (κ1) is 19.7. The highest BCUT2D eigenvalue weighted by atomic mass is 32.1. The first-order chi connectivity index (χ1) is 12.4. The lowest BCUT2D eigenvalue weighted by Gasteiger charge is -2.14. The third kappa shape index (κ3) is 5.45. The summed E-state index contributed by atoms with van der Waals surface area (Å²) in [5, 5.41) is 4.46. The van der Waals surface area contributed by atoms with Gasteiger partial charge in [-0.3, -0.25) is 14.4 Å². The van der Waals surface area contributed by atoms with Crippen LogP contribution in [0, 0.1) is 6.92 Å². The quantitative estimate of drug-likeness (QED) is 0.709. The fourth-order valence-corrected chi connectivity index (χ4v) is 3.02. The van der Waals surface area contributed by atoms with Crippen molar-refractivity contribution >= 4 is 23.2 Å². The van der Waals surface area contributed by atoms with E-state index in [0.29, 0.717) is 6.54 Å². The molecule has 2 aromatic rings. The number of carbonyl (C=O) groups is 2. The Morgan fingerprint density at radius 3 is 2.54 bits per heavy atom. The largest absolute Gasteiger partial charge is 0.497 e. The Bertz CT molecular complexity index is 810. The summed E-state index contributed by atoms with van der Waals surface area (Å²) >= 11 is 1.09. The minimum Gasteiger partial charge on any atom is -0.497 e. The lowest BCUT2D eigenvalue weighted by molar-refractivity contribution is -0.155. The molecule has 8 heteroatoms. The van der Waals surface area contributed by atoms with Crippen molar-refractivity contribution in [2.45, 2.75) is 39.5 Å². The van der Waals surface area contributed by atoms with E-state index in [-0.39, 0.29) is 23.7 Å². The van der Waals surface area contributed by atoms with E-state index >= 15 is 0 Å². The third-order valence-electron chi connectivity index (χ3n) is 3.82. The number of hydrogen-bond donors (Lipinski definition) is 1. The maximum absolute atomic E-state index is 12.0. The number of ether oxygens (including phenoxy) is 2. The van der Waals surface area contributed by atoms with Gasteiger partial charge in [-0.15, -0.1) is 0 Å². The summed E-state index contributed by atoms with van der Waals surface area (Å²) in [5.74, 6) is -0.157. The average molecular weight is 378 g/mol. The van der Waals surface area contributed by atoms with Crippen molar-refractivity contribution in [3.8, 4) is 5.75 Å². The number of thiazole rings is 1. The van der Waals surface area contributed by atoms with E-state index in [0.717, 1.165) is 28.3 Å². The molecule has 0 saturated heterocycles. The van der Waals surface area contributed by atoms with Crippen LogP contribution in [0.4, 0.5) is 0 Å². The van der Waals surface area contributed by atoms with Gasteiger partial charge in [-0.05, 0) is 31.5 Å². The molecule has 1 heterocycles. The summed E-state index contributed by atoms with van der Waals surface area (Å²) in [4.78, 5) is 35.4. The molecule has 0 saturated carbocycles. The average Bonchev–Trinajstić information content (AvgIpc) is 2.96. The van der Waals surface area contributed by atoms with Crippen molar-refractivity contribution in [1.82, 2.24) is 9.88 Å². The van der Waals surface area contributed by atoms with E-state index in [2.05, 4.69) is 5.32 Å². The minimum atomic E-state index is -0.902. The summed E-state index contributed by atoms with van der Waals surface area (Å²) in [5.41, 5.74) is 1.71. The minimum absolute atomic E-state index is 0.0353. The van der Waals surface area contributed by atoms with Crippen LogP contribution in [-0.4, -0.2) is 29.7 Å². The number of esters is 1. The molecule has 0 fully saturated rings. The van der Waals surface area contributed by atoms with Crippen molar-refractivity contribution in [1.29, 1.82) is 0 Å². The molecule has 140 valence electrons. The second-order valence-electron chi connectivity index (χ2n) is 5.74. The molecule has 0 radical (unpaired) electrons. The summed E-state index contributed by atoms with van der Waals surface area (Å²) in [6.07, 6.45) is -0.867. The molecule has 1 N–H and O–H groups in total. The number of aryl methyl sites for hydroxylation is 1. The van der Waals surface area contributed by atoms with E-state index in [1.807, 2.05) is 12.1 Å². The molecule has 26 heavy (non-hydrogen) atoms. The third-order valence-corrected chi connectivity index (χ3v) is 4.70. The number of aromatic nitrogens is 1. The number of nitrogens with one attached hydrogen (secondary N) is 1. The van der Waals surface area contributed by atoms with Gasteiger partial charge in [0, 0.05) is 24.2 Å². The molecule has 0 unspecified atom stereocenters. The maximum Gasteiger partial charge on any atom is 0.308 e. The SMILES string of the molecule is COc1ccc(CNC(=O)[C@H](C)OC(=O)CCn2c(C)csc2=O)cc1. The van der Waals surface area contributed by atoms with Crippen LogP contribution in [0.15, 0.2) is 34.4 Å². The molecule has 0 aliphatic heterocycles. The van der Waals surface area contributed by atoms with Crippen LogP contribution >= 0.6 is 11.3 Å². The van der Waals surface area contributed by atoms with Crippen LogP contribution in [0.25, 0.3) is 0 Å². The Labute approximate surface area is 155 Å². The Kier molecular flexibility index (Phi) is 6.97. The number of carbonyl (C=O) groups excluding carboxylic acids is 2. The Hall–Kier alpha value is -2.61. The topological polar surface area (TPSA) is 86.6 Å². The van der Waals surface area contributed by atoms with Crippen LogP contribution in [0.1, 0.15) is 24.6 Å². The highest BCUT2D eigenvalue weighted by Crippen LogP contribution is 2.11. The van der Waals surface area contributed by atoms with E-state index in [4.69, 9.17) is 9.47 Å². The van der Waals surface area contributed by atoms with Crippen molar-refractivity contribution in [2.24, 2.45) is 0 Å². The molecule has 1 atom stereocenters. The molecule has 0 bridgehead atoms. The van der Waals surface area contributed by atoms with E-state index in [1.165, 1.54) is 11.5 Å². The molecule has 1 aromatic carbocycles. The predicted octanol–water partition coefficient (Wildman–Crippen LogP) is 1.87. The van der Waals surface area contributed by atoms with Gasteiger partial charge in [0.2, 0.25) is 0 Å². The van der Waals surface area contributed by atoms with Crippen LogP contribution in [0.3, 0.4) is 0 Å². The molecule has 2 rings (SSSR count). The molecule has 1 amide bonds. The number of rotatable bonds is 8. The lowest BCUT2D eigenvalue weighted by atomic mass is 10.2. The number of methoxy groups -OCH3 is 1. The molecule has 0 spiro atoms. The highest BCUT2D eigenvalue weighted by Gasteiger charge is 2.18. The smallest absolute Gasteiger partial charge is 0.308 e. The molecular formula is C18H22N2O5S. The number of benzene rings is 1. The van der Waals surface area contributed by atoms with Gasteiger partial charge in [0.05, 0.1) is 13.5 Å². The van der Waals surface area contributed by atoms with Gasteiger partial charge in [-0.25, -0.2) is 0 Å². The lowest BCUT2D eigenvalue weighted by Crippen LogP contribution is -2.35. The number of nitrogens with zero attached hydrogens (tertiary/aromatic N) is 1. The predicted molar refractivity (Wildman–Crippen MR) is 98.3 cm³/mol. The van der Waals surface area contributed by atoms with Crippen molar-refractivity contribution in [3.05, 3.63) is 50.6 Å². The van der Waals surface area contributed by atoms with Crippen LogP contribution < -0.4 is 14.9 Å². The first-order valence-electron chi connectivity index (χ1n) is 8.15. The van der Waals surface area contributed by atoms with Crippen LogP contribution in [0.5, 0.6) is 5.75 Å². The molecule has 0 aliphatic rings. The number of amides is 1. The summed E-state index contributed by atoms with van der Waals surface area (Å²) in [7, 11) is 1.59. The van der Waals surface area contributed by atoms with Crippen molar-refractivity contribution < 1.29 is 19.1 Å². The molecule has 7 nitrogen and oxygen atoms in total. The van der Waals surface area contributed by atoms with Crippen LogP contribution in [-0.2, 0) is 27.4 Å². The second-order valence-corrected chi connectivity index (χ2v) is 6.56. The van der Waals surface area contributed by atoms with Crippen LogP contribution in [0.2, 0.25) is 0 Å². The molecule has 1 aromatic heterocycles. The normalized spacial score (nSPS) is 11.7. The summed E-state index contributed by atoms with van der Waals surface area (Å²) in [6, 6.07) is 7.30. The Balaban J connectivity index is 1.76. The molecular weight excluding hydrogens is 356 g/mol. The monoisotopic (exact) mass is 378 g/mol. The van der Waals surface area contributed by atoms with E-state index in [1.54, 1.807) is 31.5 Å². The number of hydrogen-bond acceptors (Lipinski definition) is 6. The highest BCUT2D eigenvalue weighted by molar-refractivity contribution is 7.07. The fourth-order valence-electron chi connectivity index (χ4n) is 2.26. The van der Waals surface area contributed by atoms with Crippen molar-refractivity contribution in [3.63, 3.8) is 0 Å². The van der Waals surface area contributed by atoms with E-state index in [9.17, 15) is 14.4 Å². The zero-order valence-corrected chi connectivity index (χ0v) is 15.8. The maximum atomic E-state index is 12.0. The standard InChI is InChI=1S/C18H22N2O5S/c1-12-11-26-18(23)20(12)9-8-16(21)25-13(2)17(22)19-10-14-4-6-15(24-3)7-5-14/h4-7,11,13H,8-10H2,1-3H3,(H,19,22)/t13-/m0/s1. The van der Waals surface area contributed by atoms with Gasteiger partial charge in [0.1, 0.15) is 5.75 Å². The van der Waals surface area contributed by atoms with Crippen molar-refractivity contribution in [2.75, 3.05) is 7.11 Å². The van der Waals surface area contributed by atoms with E-state index < -0.39 is 12.1 Å².